The van der Waals surface area contributed by atoms with Crippen LogP contribution in [0.5, 0.6) is 0 Å². The zero-order valence-electron chi connectivity index (χ0n) is 16.5. The van der Waals surface area contributed by atoms with E-state index in [4.69, 9.17) is 11.5 Å². The summed E-state index contributed by atoms with van der Waals surface area (Å²) in [5.74, 6) is -0.116. The van der Waals surface area contributed by atoms with Gasteiger partial charge >= 0.3 is 0 Å². The van der Waals surface area contributed by atoms with Gasteiger partial charge in [-0.2, -0.15) is 0 Å². The average Bonchev–Trinajstić information content (AvgIpc) is 2.63. The van der Waals surface area contributed by atoms with E-state index in [9.17, 15) is 9.59 Å². The van der Waals surface area contributed by atoms with E-state index in [0.29, 0.717) is 18.5 Å². The topological polar surface area (TPSA) is 116 Å². The van der Waals surface area contributed by atoms with Crippen molar-refractivity contribution in [2.24, 2.45) is 16.5 Å². The van der Waals surface area contributed by atoms with Crippen molar-refractivity contribution in [3.63, 3.8) is 0 Å². The van der Waals surface area contributed by atoms with Gasteiger partial charge in [0.2, 0.25) is 5.91 Å². The molecular formula is C21H29N5O2. The van der Waals surface area contributed by atoms with Crippen molar-refractivity contribution in [3.8, 4) is 0 Å². The number of hydrogen-bond acceptors (Lipinski definition) is 3. The van der Waals surface area contributed by atoms with Crippen LogP contribution >= 0.6 is 0 Å². The van der Waals surface area contributed by atoms with Crippen molar-refractivity contribution >= 4 is 11.9 Å². The smallest absolute Gasteiger partial charge is 0.254 e. The molecule has 5 N–H and O–H groups in total. The number of nitrogens with one attached hydrogen (secondary N) is 1. The van der Waals surface area contributed by atoms with Gasteiger partial charge in [-0.3, -0.25) is 14.6 Å². The number of rotatable bonds is 9. The van der Waals surface area contributed by atoms with Gasteiger partial charge in [0.15, 0.2) is 5.96 Å². The third-order valence-corrected chi connectivity index (χ3v) is 4.35. The molecule has 1 atom stereocenters. The Morgan fingerprint density at radius 2 is 1.96 bits per heavy atom. The first-order chi connectivity index (χ1) is 13.3. The van der Waals surface area contributed by atoms with Gasteiger partial charge in [-0.25, -0.2) is 0 Å². The minimum absolute atomic E-state index is 0.000540. The molecule has 0 aliphatic rings. The highest BCUT2D eigenvalue weighted by Gasteiger charge is 2.12. The standard InChI is InChI=1S/C21H29N5O2/c1-15-11-18(12-17-8-4-3-5-9-17)20(28)26(13-15)14-19(27)25-16(2)7-6-10-24-21(22)23/h3-5,8-9,11,13,16H,6-7,10,12,14H2,1-2H3,(H,25,27)(H4,22,23,24). The number of amides is 1. The van der Waals surface area contributed by atoms with E-state index in [-0.39, 0.29) is 30.0 Å². The van der Waals surface area contributed by atoms with E-state index < -0.39 is 0 Å². The molecule has 7 heteroatoms. The van der Waals surface area contributed by atoms with Crippen LogP contribution in [-0.4, -0.2) is 29.0 Å². The van der Waals surface area contributed by atoms with Crippen molar-refractivity contribution in [2.75, 3.05) is 6.54 Å². The van der Waals surface area contributed by atoms with E-state index in [1.165, 1.54) is 4.57 Å². The number of hydrogen-bond donors (Lipinski definition) is 3. The van der Waals surface area contributed by atoms with Gasteiger partial charge in [0.1, 0.15) is 6.54 Å². The second-order valence-corrected chi connectivity index (χ2v) is 7.06. The number of benzene rings is 1. The normalized spacial score (nSPS) is 11.6. The highest BCUT2D eigenvalue weighted by Crippen LogP contribution is 2.08. The molecule has 1 aromatic heterocycles. The van der Waals surface area contributed by atoms with Crippen molar-refractivity contribution < 1.29 is 4.79 Å². The first-order valence-electron chi connectivity index (χ1n) is 9.44. The molecule has 1 aromatic carbocycles. The summed E-state index contributed by atoms with van der Waals surface area (Å²) in [6.45, 7) is 4.38. The molecule has 7 nitrogen and oxygen atoms in total. The van der Waals surface area contributed by atoms with Crippen LogP contribution in [0.25, 0.3) is 0 Å². The Labute approximate surface area is 165 Å². The molecule has 1 heterocycles. The molecule has 150 valence electrons. The molecule has 2 rings (SSSR count). The summed E-state index contributed by atoms with van der Waals surface area (Å²) >= 11 is 0. The number of aromatic nitrogens is 1. The summed E-state index contributed by atoms with van der Waals surface area (Å²) in [5, 5.41) is 2.92. The lowest BCUT2D eigenvalue weighted by atomic mass is 10.1. The van der Waals surface area contributed by atoms with Crippen molar-refractivity contribution in [3.05, 3.63) is 69.6 Å². The van der Waals surface area contributed by atoms with E-state index in [2.05, 4.69) is 10.3 Å². The zero-order valence-corrected chi connectivity index (χ0v) is 16.5. The summed E-state index contributed by atoms with van der Waals surface area (Å²) in [6, 6.07) is 11.7. The second-order valence-electron chi connectivity index (χ2n) is 7.06. The molecule has 0 aliphatic heterocycles. The molecular weight excluding hydrogens is 354 g/mol. The molecule has 2 aromatic rings. The third-order valence-electron chi connectivity index (χ3n) is 4.35. The summed E-state index contributed by atoms with van der Waals surface area (Å²) in [6.07, 6.45) is 3.79. The van der Waals surface area contributed by atoms with Gasteiger partial charge in [0.05, 0.1) is 0 Å². The number of carbonyl (C=O) groups excluding carboxylic acids is 1. The van der Waals surface area contributed by atoms with Gasteiger partial charge < -0.3 is 21.4 Å². The maximum atomic E-state index is 12.8. The Balaban J connectivity index is 1.98. The van der Waals surface area contributed by atoms with E-state index >= 15 is 0 Å². The zero-order chi connectivity index (χ0) is 20.5. The van der Waals surface area contributed by atoms with Gasteiger partial charge in [-0.15, -0.1) is 0 Å². The minimum Gasteiger partial charge on any atom is -0.370 e. The summed E-state index contributed by atoms with van der Waals surface area (Å²) in [4.78, 5) is 29.0. The summed E-state index contributed by atoms with van der Waals surface area (Å²) < 4.78 is 1.48. The molecule has 0 radical (unpaired) electrons. The number of nitrogens with two attached hydrogens (primary N) is 2. The van der Waals surface area contributed by atoms with Crippen molar-refractivity contribution in [1.82, 2.24) is 9.88 Å². The largest absolute Gasteiger partial charge is 0.370 e. The number of carbonyl (C=O) groups is 1. The maximum Gasteiger partial charge on any atom is 0.254 e. The third kappa shape index (κ3) is 6.90. The fourth-order valence-electron chi connectivity index (χ4n) is 3.08. The molecule has 0 fully saturated rings. The lowest BCUT2D eigenvalue weighted by Gasteiger charge is -2.15. The van der Waals surface area contributed by atoms with Crippen LogP contribution in [0.1, 0.15) is 36.5 Å². The molecule has 0 saturated heterocycles. The van der Waals surface area contributed by atoms with Crippen molar-refractivity contribution in [2.45, 2.75) is 45.7 Å². The van der Waals surface area contributed by atoms with Crippen LogP contribution in [0.15, 0.2) is 52.4 Å². The Morgan fingerprint density at radius 3 is 2.64 bits per heavy atom. The maximum absolute atomic E-state index is 12.8. The van der Waals surface area contributed by atoms with Gasteiger partial charge in [-0.1, -0.05) is 30.3 Å². The molecule has 0 bridgehead atoms. The van der Waals surface area contributed by atoms with E-state index in [1.807, 2.05) is 50.2 Å². The monoisotopic (exact) mass is 383 g/mol. The average molecular weight is 383 g/mol. The fourth-order valence-corrected chi connectivity index (χ4v) is 3.08. The Morgan fingerprint density at radius 1 is 1.25 bits per heavy atom. The van der Waals surface area contributed by atoms with Crippen LogP contribution in [0.2, 0.25) is 0 Å². The Bertz CT molecular complexity index is 870. The lowest BCUT2D eigenvalue weighted by molar-refractivity contribution is -0.122. The number of aryl methyl sites for hydroxylation is 1. The minimum atomic E-state index is -0.187. The molecule has 28 heavy (non-hydrogen) atoms. The summed E-state index contributed by atoms with van der Waals surface area (Å²) in [5.41, 5.74) is 13.1. The fraction of sp³-hybridized carbons (Fsp3) is 0.381. The molecule has 0 saturated carbocycles. The molecule has 0 aliphatic carbocycles. The first kappa shape index (κ1) is 21.2. The van der Waals surface area contributed by atoms with E-state index in [0.717, 1.165) is 24.0 Å². The predicted octanol–water partition coefficient (Wildman–Crippen LogP) is 1.31. The van der Waals surface area contributed by atoms with E-state index in [1.54, 1.807) is 6.20 Å². The predicted molar refractivity (Wildman–Crippen MR) is 112 cm³/mol. The van der Waals surface area contributed by atoms with Crippen LogP contribution in [0.4, 0.5) is 0 Å². The molecule has 1 amide bonds. The first-order valence-corrected chi connectivity index (χ1v) is 9.44. The number of guanidine groups is 1. The second kappa shape index (κ2) is 10.3. The van der Waals surface area contributed by atoms with Crippen molar-refractivity contribution in [1.29, 1.82) is 0 Å². The summed E-state index contributed by atoms with van der Waals surface area (Å²) in [7, 11) is 0. The Hall–Kier alpha value is -3.09. The van der Waals surface area contributed by atoms with Crippen LogP contribution in [-0.2, 0) is 17.8 Å². The van der Waals surface area contributed by atoms with Gasteiger partial charge in [0, 0.05) is 30.8 Å². The van der Waals surface area contributed by atoms with Crippen LogP contribution in [0.3, 0.4) is 0 Å². The lowest BCUT2D eigenvalue weighted by Crippen LogP contribution is -2.38. The molecule has 1 unspecified atom stereocenters. The number of nitrogens with zero attached hydrogens (tertiary/aromatic N) is 2. The van der Waals surface area contributed by atoms with Gasteiger partial charge in [0.25, 0.3) is 5.56 Å². The van der Waals surface area contributed by atoms with Gasteiger partial charge in [-0.05, 0) is 43.9 Å². The molecule has 0 spiro atoms. The SMILES string of the molecule is Cc1cc(Cc2ccccc2)c(=O)n(CC(=O)NC(C)CCCN=C(N)N)c1. The quantitative estimate of drug-likeness (QED) is 0.344. The number of aliphatic imine (C=N–C) groups is 1. The number of pyridine rings is 1. The Kier molecular flexibility index (Phi) is 7.80. The van der Waals surface area contributed by atoms with Crippen LogP contribution in [0, 0.1) is 6.92 Å². The highest BCUT2D eigenvalue weighted by atomic mass is 16.2. The highest BCUT2D eigenvalue weighted by molar-refractivity contribution is 5.76. The van der Waals surface area contributed by atoms with Crippen LogP contribution < -0.4 is 22.3 Å².